The SMILES string of the molecule is COCCN(CC(=O)N1N=C(c2ccccc2Cl)C[C@@H]1c1ccc(OC)cc1)C(=O)NC(C)C. The van der Waals surface area contributed by atoms with Gasteiger partial charge in [0, 0.05) is 36.7 Å². The van der Waals surface area contributed by atoms with Crippen molar-refractivity contribution >= 4 is 29.3 Å². The lowest BCUT2D eigenvalue weighted by molar-refractivity contribution is -0.133. The highest BCUT2D eigenvalue weighted by atomic mass is 35.5. The van der Waals surface area contributed by atoms with Crippen LogP contribution in [0.25, 0.3) is 0 Å². The number of hydrazone groups is 1. The number of hydrogen-bond acceptors (Lipinski definition) is 5. The zero-order valence-corrected chi connectivity index (χ0v) is 20.7. The minimum Gasteiger partial charge on any atom is -0.497 e. The number of methoxy groups -OCH3 is 2. The highest BCUT2D eigenvalue weighted by Crippen LogP contribution is 2.35. The number of nitrogens with one attached hydrogen (secondary N) is 1. The standard InChI is InChI=1S/C25H31ClN4O4/c1-17(2)27-25(32)29(13-14-33-3)16-24(31)30-23(18-9-11-19(34-4)12-10-18)15-22(28-30)20-7-5-6-8-21(20)26/h5-12,17,23H,13-16H2,1-4H3,(H,27,32)/t23-/m1/s1. The number of ether oxygens (including phenoxy) is 2. The van der Waals surface area contributed by atoms with Gasteiger partial charge in [-0.15, -0.1) is 0 Å². The summed E-state index contributed by atoms with van der Waals surface area (Å²) in [6.07, 6.45) is 0.498. The Kier molecular flexibility index (Phi) is 8.90. The van der Waals surface area contributed by atoms with Gasteiger partial charge in [-0.3, -0.25) is 4.79 Å². The van der Waals surface area contributed by atoms with Crippen LogP contribution in [0.2, 0.25) is 5.02 Å². The van der Waals surface area contributed by atoms with E-state index in [-0.39, 0.29) is 37.1 Å². The summed E-state index contributed by atoms with van der Waals surface area (Å²) in [5, 5.41) is 9.54. The fraction of sp³-hybridized carbons (Fsp3) is 0.400. The third-order valence-corrected chi connectivity index (χ3v) is 5.77. The summed E-state index contributed by atoms with van der Waals surface area (Å²) in [4.78, 5) is 27.6. The molecule has 0 radical (unpaired) electrons. The van der Waals surface area contributed by atoms with Crippen molar-refractivity contribution in [2.45, 2.75) is 32.4 Å². The average Bonchev–Trinajstić information content (AvgIpc) is 3.27. The molecular weight excluding hydrogens is 456 g/mol. The van der Waals surface area contributed by atoms with Crippen LogP contribution in [-0.4, -0.2) is 67.5 Å². The Labute approximate surface area is 205 Å². The molecule has 3 amide bonds. The van der Waals surface area contributed by atoms with E-state index in [0.29, 0.717) is 18.1 Å². The van der Waals surface area contributed by atoms with E-state index in [1.54, 1.807) is 20.3 Å². The Morgan fingerprint density at radius 1 is 1.18 bits per heavy atom. The molecule has 0 aromatic heterocycles. The Morgan fingerprint density at radius 3 is 2.50 bits per heavy atom. The lowest BCUT2D eigenvalue weighted by Crippen LogP contribution is -2.48. The first-order valence-electron chi connectivity index (χ1n) is 11.2. The van der Waals surface area contributed by atoms with E-state index >= 15 is 0 Å². The van der Waals surface area contributed by atoms with E-state index in [4.69, 9.17) is 21.1 Å². The van der Waals surface area contributed by atoms with Gasteiger partial charge in [0.1, 0.15) is 12.3 Å². The first kappa shape index (κ1) is 25.5. The molecule has 0 fully saturated rings. The number of amides is 3. The number of halogens is 1. The van der Waals surface area contributed by atoms with Crippen molar-refractivity contribution in [3.63, 3.8) is 0 Å². The summed E-state index contributed by atoms with van der Waals surface area (Å²) in [6, 6.07) is 14.3. The second kappa shape index (κ2) is 11.9. The molecule has 1 heterocycles. The monoisotopic (exact) mass is 486 g/mol. The van der Waals surface area contributed by atoms with Crippen molar-refractivity contribution in [3.05, 3.63) is 64.7 Å². The minimum atomic E-state index is -0.331. The van der Waals surface area contributed by atoms with E-state index in [0.717, 1.165) is 22.6 Å². The van der Waals surface area contributed by atoms with Crippen molar-refractivity contribution in [3.8, 4) is 5.75 Å². The maximum absolute atomic E-state index is 13.5. The van der Waals surface area contributed by atoms with Gasteiger partial charge in [0.25, 0.3) is 5.91 Å². The van der Waals surface area contributed by atoms with Gasteiger partial charge in [-0.1, -0.05) is 41.9 Å². The smallest absolute Gasteiger partial charge is 0.318 e. The van der Waals surface area contributed by atoms with Crippen molar-refractivity contribution in [1.29, 1.82) is 0 Å². The molecule has 2 aromatic rings. The van der Waals surface area contributed by atoms with Gasteiger partial charge >= 0.3 is 6.03 Å². The van der Waals surface area contributed by atoms with Crippen LogP contribution in [0.5, 0.6) is 5.75 Å². The zero-order valence-electron chi connectivity index (χ0n) is 20.0. The number of rotatable bonds is 9. The van der Waals surface area contributed by atoms with Crippen LogP contribution in [0.4, 0.5) is 4.79 Å². The quantitative estimate of drug-likeness (QED) is 0.578. The third kappa shape index (κ3) is 6.27. The van der Waals surface area contributed by atoms with E-state index in [9.17, 15) is 9.59 Å². The molecule has 1 N–H and O–H groups in total. The van der Waals surface area contributed by atoms with Gasteiger partial charge in [-0.2, -0.15) is 5.10 Å². The molecule has 1 aliphatic rings. The van der Waals surface area contributed by atoms with Gasteiger partial charge in [-0.05, 0) is 37.6 Å². The van der Waals surface area contributed by atoms with Gasteiger partial charge < -0.3 is 19.7 Å². The highest BCUT2D eigenvalue weighted by molar-refractivity contribution is 6.34. The first-order valence-corrected chi connectivity index (χ1v) is 11.5. The molecule has 2 aromatic carbocycles. The summed E-state index contributed by atoms with van der Waals surface area (Å²) >= 11 is 6.42. The van der Waals surface area contributed by atoms with E-state index < -0.39 is 0 Å². The van der Waals surface area contributed by atoms with E-state index in [2.05, 4.69) is 10.4 Å². The highest BCUT2D eigenvalue weighted by Gasteiger charge is 2.35. The van der Waals surface area contributed by atoms with Crippen molar-refractivity contribution in [2.24, 2.45) is 5.10 Å². The van der Waals surface area contributed by atoms with Crippen molar-refractivity contribution in [1.82, 2.24) is 15.2 Å². The number of carbonyl (C=O) groups excluding carboxylic acids is 2. The molecule has 182 valence electrons. The zero-order chi connectivity index (χ0) is 24.7. The molecule has 34 heavy (non-hydrogen) atoms. The predicted molar refractivity (Wildman–Crippen MR) is 132 cm³/mol. The summed E-state index contributed by atoms with van der Waals surface area (Å²) in [5.74, 6) is 0.431. The first-order chi connectivity index (χ1) is 16.3. The average molecular weight is 487 g/mol. The molecule has 1 atom stereocenters. The number of carbonyl (C=O) groups is 2. The largest absolute Gasteiger partial charge is 0.497 e. The fourth-order valence-electron chi connectivity index (χ4n) is 3.71. The van der Waals surface area contributed by atoms with E-state index in [1.807, 2.05) is 56.3 Å². The Bertz CT molecular complexity index is 1030. The summed E-state index contributed by atoms with van der Waals surface area (Å²) in [7, 11) is 3.16. The molecular formula is C25H31ClN4O4. The lowest BCUT2D eigenvalue weighted by atomic mass is 9.98. The van der Waals surface area contributed by atoms with Gasteiger partial charge in [0.15, 0.2) is 0 Å². The number of hydrogen-bond donors (Lipinski definition) is 1. The number of nitrogens with zero attached hydrogens (tertiary/aromatic N) is 3. The second-order valence-corrected chi connectivity index (χ2v) is 8.68. The molecule has 0 saturated heterocycles. The Balaban J connectivity index is 1.90. The summed E-state index contributed by atoms with van der Waals surface area (Å²) < 4.78 is 10.4. The normalized spacial score (nSPS) is 15.3. The predicted octanol–water partition coefficient (Wildman–Crippen LogP) is 4.09. The minimum absolute atomic E-state index is 0.0590. The molecule has 0 aliphatic carbocycles. The lowest BCUT2D eigenvalue weighted by Gasteiger charge is -2.27. The molecule has 1 aliphatic heterocycles. The Hall–Kier alpha value is -3.10. The summed E-state index contributed by atoms with van der Waals surface area (Å²) in [6.45, 7) is 4.20. The van der Waals surface area contributed by atoms with Crippen LogP contribution in [0.1, 0.15) is 37.4 Å². The van der Waals surface area contributed by atoms with E-state index in [1.165, 1.54) is 9.91 Å². The van der Waals surface area contributed by atoms with Crippen LogP contribution in [0.3, 0.4) is 0 Å². The molecule has 9 heteroatoms. The molecule has 0 spiro atoms. The maximum Gasteiger partial charge on any atom is 0.318 e. The number of benzene rings is 2. The molecule has 0 unspecified atom stereocenters. The van der Waals surface area contributed by atoms with Crippen molar-refractivity contribution < 1.29 is 19.1 Å². The third-order valence-electron chi connectivity index (χ3n) is 5.44. The Morgan fingerprint density at radius 2 is 1.88 bits per heavy atom. The number of urea groups is 1. The van der Waals surface area contributed by atoms with Gasteiger partial charge in [0.05, 0.1) is 25.5 Å². The summed E-state index contributed by atoms with van der Waals surface area (Å²) in [5.41, 5.74) is 2.41. The second-order valence-electron chi connectivity index (χ2n) is 8.28. The maximum atomic E-state index is 13.5. The van der Waals surface area contributed by atoms with Crippen LogP contribution < -0.4 is 10.1 Å². The van der Waals surface area contributed by atoms with Crippen LogP contribution in [0.15, 0.2) is 53.6 Å². The molecule has 0 saturated carbocycles. The topological polar surface area (TPSA) is 83.5 Å². The molecule has 0 bridgehead atoms. The molecule has 3 rings (SSSR count). The van der Waals surface area contributed by atoms with Crippen LogP contribution in [0, 0.1) is 0 Å². The van der Waals surface area contributed by atoms with Gasteiger partial charge in [0.2, 0.25) is 0 Å². The molecule has 8 nitrogen and oxygen atoms in total. The van der Waals surface area contributed by atoms with Crippen molar-refractivity contribution in [2.75, 3.05) is 33.9 Å². The van der Waals surface area contributed by atoms with Crippen LogP contribution in [-0.2, 0) is 9.53 Å². The van der Waals surface area contributed by atoms with Crippen LogP contribution >= 0.6 is 11.6 Å². The van der Waals surface area contributed by atoms with Gasteiger partial charge in [-0.25, -0.2) is 9.80 Å². The fourth-order valence-corrected chi connectivity index (χ4v) is 3.96.